The third kappa shape index (κ3) is 2.12. The van der Waals surface area contributed by atoms with Gasteiger partial charge in [0, 0.05) is 22.8 Å². The first-order chi connectivity index (χ1) is 14.1. The summed E-state index contributed by atoms with van der Waals surface area (Å²) in [4.78, 5) is 0. The molecule has 2 N–H and O–H groups in total. The second kappa shape index (κ2) is 6.10. The number of hydrogen-bond donors (Lipinski definition) is 2. The van der Waals surface area contributed by atoms with E-state index in [1.165, 1.54) is 0 Å². The molecule has 164 valence electrons. The maximum atomic E-state index is 11.4. The lowest BCUT2D eigenvalue weighted by Gasteiger charge is -2.59. The van der Waals surface area contributed by atoms with Crippen molar-refractivity contribution in [1.82, 2.24) is 0 Å². The van der Waals surface area contributed by atoms with E-state index in [1.54, 1.807) is 7.11 Å². The van der Waals surface area contributed by atoms with E-state index >= 15 is 0 Å². The van der Waals surface area contributed by atoms with Crippen LogP contribution in [0.5, 0.6) is 5.75 Å². The van der Waals surface area contributed by atoms with Crippen LogP contribution < -0.4 is 4.74 Å². The van der Waals surface area contributed by atoms with E-state index in [0.29, 0.717) is 11.7 Å². The van der Waals surface area contributed by atoms with Crippen LogP contribution in [0.1, 0.15) is 64.2 Å². The second-order valence-electron chi connectivity index (χ2n) is 10.5. The van der Waals surface area contributed by atoms with E-state index in [9.17, 15) is 10.2 Å². The predicted octanol–water partition coefficient (Wildman–Crippen LogP) is 3.99. The van der Waals surface area contributed by atoms with E-state index < -0.39 is 23.1 Å². The Hall–Kier alpha value is -1.40. The van der Waals surface area contributed by atoms with Crippen LogP contribution in [-0.2, 0) is 21.7 Å². The number of ether oxygens (including phenoxy) is 3. The van der Waals surface area contributed by atoms with Crippen molar-refractivity contribution in [1.29, 1.82) is 0 Å². The van der Waals surface area contributed by atoms with Crippen LogP contribution in [0.15, 0.2) is 18.2 Å². The molecule has 2 bridgehead atoms. The average Bonchev–Trinajstić information content (AvgIpc) is 3.04. The summed E-state index contributed by atoms with van der Waals surface area (Å²) < 4.78 is 19.2. The van der Waals surface area contributed by atoms with Crippen LogP contribution in [0, 0.1) is 23.2 Å². The van der Waals surface area contributed by atoms with Crippen LogP contribution in [-0.4, -0.2) is 34.8 Å². The van der Waals surface area contributed by atoms with Crippen LogP contribution in [0.3, 0.4) is 0 Å². The summed E-state index contributed by atoms with van der Waals surface area (Å²) in [5.74, 6) is -0.0141. The minimum Gasteiger partial charge on any atom is -0.496 e. The van der Waals surface area contributed by atoms with Gasteiger partial charge in [-0.25, -0.2) is 0 Å². The van der Waals surface area contributed by atoms with Gasteiger partial charge in [-0.1, -0.05) is 39.0 Å². The highest BCUT2D eigenvalue weighted by molar-refractivity contribution is 5.68. The molecule has 5 rings (SSSR count). The summed E-state index contributed by atoms with van der Waals surface area (Å²) in [7, 11) is 1.63. The SMILES string of the molecule is COc1ccc2c(c1CO)C=CC1(C)C3CCC21OC1(OC(C)(C)C(C)C1O)C3C. The lowest BCUT2D eigenvalue weighted by molar-refractivity contribution is -0.382. The first kappa shape index (κ1) is 20.5. The van der Waals surface area contributed by atoms with Crippen LogP contribution in [0.25, 0.3) is 6.08 Å². The van der Waals surface area contributed by atoms with E-state index in [-0.39, 0.29) is 23.9 Å². The second-order valence-corrected chi connectivity index (χ2v) is 10.5. The Morgan fingerprint density at radius 1 is 1.13 bits per heavy atom. The Kier molecular flexibility index (Phi) is 4.17. The Balaban J connectivity index is 1.73. The third-order valence-electron chi connectivity index (χ3n) is 9.15. The maximum Gasteiger partial charge on any atom is 0.199 e. The molecule has 2 saturated heterocycles. The number of methoxy groups -OCH3 is 1. The molecule has 4 aliphatic rings. The van der Waals surface area contributed by atoms with Gasteiger partial charge in [0.05, 0.1) is 19.3 Å². The van der Waals surface area contributed by atoms with Crippen molar-refractivity contribution in [2.24, 2.45) is 23.2 Å². The summed E-state index contributed by atoms with van der Waals surface area (Å²) in [6.07, 6.45) is 5.57. The van der Waals surface area contributed by atoms with Gasteiger partial charge >= 0.3 is 0 Å². The smallest absolute Gasteiger partial charge is 0.199 e. The first-order valence-electron chi connectivity index (χ1n) is 11.2. The average molecular weight is 415 g/mol. The summed E-state index contributed by atoms with van der Waals surface area (Å²) in [6, 6.07) is 4.01. The highest BCUT2D eigenvalue weighted by Gasteiger charge is 2.74. The third-order valence-corrected chi connectivity index (χ3v) is 9.15. The molecular weight excluding hydrogens is 380 g/mol. The van der Waals surface area contributed by atoms with E-state index in [0.717, 1.165) is 29.5 Å². The van der Waals surface area contributed by atoms with Gasteiger partial charge in [-0.3, -0.25) is 0 Å². The number of fused-ring (bicyclic) bond motifs is 1. The molecule has 5 heteroatoms. The summed E-state index contributed by atoms with van der Waals surface area (Å²) in [5, 5.41) is 21.5. The first-order valence-corrected chi connectivity index (χ1v) is 11.2. The molecule has 2 heterocycles. The molecule has 1 aromatic carbocycles. The van der Waals surface area contributed by atoms with Crippen LogP contribution >= 0.6 is 0 Å². The normalized spacial score (nSPS) is 45.5. The zero-order valence-electron chi connectivity index (χ0n) is 18.9. The lowest BCUT2D eigenvalue weighted by atomic mass is 9.57. The molecule has 2 aliphatic carbocycles. The molecule has 2 aliphatic heterocycles. The standard InChI is InChI=1S/C25H34O5/c1-14-18-10-12-24(30-25(14)21(27)15(2)22(3,4)29-25)19-7-8-20(28-6)17(13-26)16(19)9-11-23(18,24)5/h7-9,11,14-15,18,21,26-27H,10,12-13H2,1-6H3. The number of aliphatic hydroxyl groups is 2. The van der Waals surface area contributed by atoms with Crippen molar-refractivity contribution in [2.75, 3.05) is 7.11 Å². The molecule has 7 atom stereocenters. The Labute approximate surface area is 179 Å². The zero-order chi connectivity index (χ0) is 21.7. The molecule has 3 fully saturated rings. The number of benzene rings is 1. The Morgan fingerprint density at radius 2 is 1.87 bits per heavy atom. The summed E-state index contributed by atoms with van der Waals surface area (Å²) >= 11 is 0. The molecule has 0 aromatic heterocycles. The quantitative estimate of drug-likeness (QED) is 0.766. The molecule has 0 amide bonds. The van der Waals surface area contributed by atoms with Crippen molar-refractivity contribution >= 4 is 6.08 Å². The van der Waals surface area contributed by atoms with Gasteiger partial charge in [-0.2, -0.15) is 0 Å². The van der Waals surface area contributed by atoms with Crippen molar-refractivity contribution in [3.63, 3.8) is 0 Å². The fourth-order valence-electron chi connectivity index (χ4n) is 7.08. The number of hydrogen-bond acceptors (Lipinski definition) is 5. The molecule has 7 unspecified atom stereocenters. The monoisotopic (exact) mass is 414 g/mol. The minimum absolute atomic E-state index is 0.0393. The molecule has 1 saturated carbocycles. The highest BCUT2D eigenvalue weighted by Crippen LogP contribution is 2.71. The van der Waals surface area contributed by atoms with Crippen molar-refractivity contribution in [3.8, 4) is 5.75 Å². The topological polar surface area (TPSA) is 68.2 Å². The van der Waals surface area contributed by atoms with Gasteiger partial charge in [0.25, 0.3) is 0 Å². The largest absolute Gasteiger partial charge is 0.496 e. The summed E-state index contributed by atoms with van der Waals surface area (Å²) in [5.41, 5.74) is 1.54. The molecule has 1 spiro atoms. The molecular formula is C25H34O5. The lowest BCUT2D eigenvalue weighted by Crippen LogP contribution is -2.64. The van der Waals surface area contributed by atoms with Crippen LogP contribution in [0.2, 0.25) is 0 Å². The Bertz CT molecular complexity index is 922. The van der Waals surface area contributed by atoms with Gasteiger partial charge in [0.2, 0.25) is 0 Å². The van der Waals surface area contributed by atoms with Crippen molar-refractivity contribution in [3.05, 3.63) is 34.9 Å². The maximum absolute atomic E-state index is 11.4. The summed E-state index contributed by atoms with van der Waals surface area (Å²) in [6.45, 7) is 10.5. The van der Waals surface area contributed by atoms with Gasteiger partial charge < -0.3 is 24.4 Å². The number of aliphatic hydroxyl groups excluding tert-OH is 2. The van der Waals surface area contributed by atoms with E-state index in [1.807, 2.05) is 26.8 Å². The number of rotatable bonds is 2. The van der Waals surface area contributed by atoms with Crippen molar-refractivity contribution in [2.45, 2.75) is 77.2 Å². The molecule has 0 radical (unpaired) electrons. The molecule has 1 aromatic rings. The fraction of sp³-hybridized carbons (Fsp3) is 0.680. The van der Waals surface area contributed by atoms with Crippen molar-refractivity contribution < 1.29 is 24.4 Å². The van der Waals surface area contributed by atoms with Gasteiger partial charge in [0.15, 0.2) is 5.79 Å². The van der Waals surface area contributed by atoms with Gasteiger partial charge in [-0.15, -0.1) is 0 Å². The highest BCUT2D eigenvalue weighted by atomic mass is 16.7. The van der Waals surface area contributed by atoms with E-state index in [2.05, 4.69) is 32.1 Å². The molecule has 5 nitrogen and oxygen atoms in total. The fourth-order valence-corrected chi connectivity index (χ4v) is 7.08. The van der Waals surface area contributed by atoms with Gasteiger partial charge in [-0.05, 0) is 49.8 Å². The van der Waals surface area contributed by atoms with Gasteiger partial charge in [0.1, 0.15) is 17.5 Å². The van der Waals surface area contributed by atoms with Crippen LogP contribution in [0.4, 0.5) is 0 Å². The minimum atomic E-state index is -1.04. The zero-order valence-corrected chi connectivity index (χ0v) is 18.9. The Morgan fingerprint density at radius 3 is 2.47 bits per heavy atom. The predicted molar refractivity (Wildman–Crippen MR) is 114 cm³/mol. The van der Waals surface area contributed by atoms with E-state index in [4.69, 9.17) is 14.2 Å². The molecule has 30 heavy (non-hydrogen) atoms.